The summed E-state index contributed by atoms with van der Waals surface area (Å²) in [7, 11) is 0. The first-order valence-electron chi connectivity index (χ1n) is 5.62. The van der Waals surface area contributed by atoms with E-state index in [-0.39, 0.29) is 0 Å². The van der Waals surface area contributed by atoms with Crippen LogP contribution >= 0.6 is 22.9 Å². The molecule has 1 aromatic rings. The maximum atomic E-state index is 5.88. The second-order valence-corrected chi connectivity index (χ2v) is 6.28. The molecule has 0 spiro atoms. The average molecular weight is 244 g/mol. The van der Waals surface area contributed by atoms with Crippen molar-refractivity contribution in [1.82, 2.24) is 5.32 Å². The number of hydrogen-bond donors (Lipinski definition) is 1. The highest BCUT2D eigenvalue weighted by Crippen LogP contribution is 2.36. The molecule has 1 fully saturated rings. The molecule has 1 aromatic heterocycles. The lowest BCUT2D eigenvalue weighted by atomic mass is 9.89. The molecule has 0 radical (unpaired) electrons. The molecule has 1 heterocycles. The maximum Gasteiger partial charge on any atom is 0.0516 e. The molecule has 0 unspecified atom stereocenters. The van der Waals surface area contributed by atoms with Crippen molar-refractivity contribution >= 4 is 22.9 Å². The third-order valence-electron chi connectivity index (χ3n) is 3.28. The van der Waals surface area contributed by atoms with Crippen LogP contribution in [0.5, 0.6) is 0 Å². The summed E-state index contributed by atoms with van der Waals surface area (Å²) in [4.78, 5) is 1.33. The number of thiophene rings is 1. The Labute approximate surface area is 101 Å². The molecule has 1 N–H and O–H groups in total. The Morgan fingerprint density at radius 1 is 1.47 bits per heavy atom. The fraction of sp³-hybridized carbons (Fsp3) is 0.667. The van der Waals surface area contributed by atoms with Crippen molar-refractivity contribution in [2.45, 2.75) is 39.2 Å². The van der Waals surface area contributed by atoms with Gasteiger partial charge in [0.15, 0.2) is 0 Å². The van der Waals surface area contributed by atoms with Gasteiger partial charge in [-0.3, -0.25) is 0 Å². The molecular formula is C12H18ClNS. The van der Waals surface area contributed by atoms with Crippen molar-refractivity contribution in [2.24, 2.45) is 5.41 Å². The highest BCUT2D eigenvalue weighted by Gasteiger charge is 2.27. The van der Waals surface area contributed by atoms with Gasteiger partial charge in [0.2, 0.25) is 0 Å². The van der Waals surface area contributed by atoms with Crippen LogP contribution in [0.3, 0.4) is 0 Å². The highest BCUT2D eigenvalue weighted by molar-refractivity contribution is 7.10. The van der Waals surface area contributed by atoms with E-state index in [0.29, 0.717) is 5.41 Å². The van der Waals surface area contributed by atoms with Crippen molar-refractivity contribution < 1.29 is 0 Å². The predicted molar refractivity (Wildman–Crippen MR) is 67.6 cm³/mol. The fourth-order valence-corrected chi connectivity index (χ4v) is 3.38. The standard InChI is InChI=1S/C12H18ClNS/c1-12(4-2-3-5-12)9-14-7-11-6-10(13)8-15-11/h6,8,14H,2-5,7,9H2,1H3. The van der Waals surface area contributed by atoms with Gasteiger partial charge in [0, 0.05) is 23.3 Å². The molecule has 84 valence electrons. The van der Waals surface area contributed by atoms with Gasteiger partial charge in [-0.1, -0.05) is 31.4 Å². The van der Waals surface area contributed by atoms with E-state index in [0.717, 1.165) is 18.1 Å². The monoisotopic (exact) mass is 243 g/mol. The molecule has 0 atom stereocenters. The molecule has 1 nitrogen and oxygen atoms in total. The summed E-state index contributed by atoms with van der Waals surface area (Å²) in [5, 5.41) is 6.41. The molecule has 2 rings (SSSR count). The molecule has 0 aliphatic heterocycles. The van der Waals surface area contributed by atoms with E-state index in [1.807, 2.05) is 5.38 Å². The summed E-state index contributed by atoms with van der Waals surface area (Å²) in [5.41, 5.74) is 0.543. The number of halogens is 1. The Balaban J connectivity index is 1.75. The predicted octanol–water partition coefficient (Wildman–Crippen LogP) is 4.07. The maximum absolute atomic E-state index is 5.88. The molecule has 0 bridgehead atoms. The van der Waals surface area contributed by atoms with Crippen molar-refractivity contribution in [2.75, 3.05) is 6.54 Å². The normalized spacial score (nSPS) is 19.6. The second kappa shape index (κ2) is 4.86. The van der Waals surface area contributed by atoms with Crippen LogP contribution in [0.25, 0.3) is 0 Å². The fourth-order valence-electron chi connectivity index (χ4n) is 2.34. The van der Waals surface area contributed by atoms with Crippen molar-refractivity contribution in [3.8, 4) is 0 Å². The summed E-state index contributed by atoms with van der Waals surface area (Å²) < 4.78 is 0. The van der Waals surface area contributed by atoms with Gasteiger partial charge in [-0.25, -0.2) is 0 Å². The smallest absolute Gasteiger partial charge is 0.0516 e. The highest BCUT2D eigenvalue weighted by atomic mass is 35.5. The van der Waals surface area contributed by atoms with Gasteiger partial charge in [-0.2, -0.15) is 0 Å². The van der Waals surface area contributed by atoms with E-state index in [9.17, 15) is 0 Å². The summed E-state index contributed by atoms with van der Waals surface area (Å²) in [6.07, 6.45) is 5.57. The Bertz CT molecular complexity index is 315. The Kier molecular flexibility index (Phi) is 3.70. The van der Waals surface area contributed by atoms with Crippen LogP contribution in [-0.2, 0) is 6.54 Å². The molecule has 0 amide bonds. The Morgan fingerprint density at radius 2 is 2.20 bits per heavy atom. The molecule has 3 heteroatoms. The third-order valence-corrected chi connectivity index (χ3v) is 4.57. The van der Waals surface area contributed by atoms with Crippen LogP contribution in [0.1, 0.15) is 37.5 Å². The van der Waals surface area contributed by atoms with Gasteiger partial charge in [-0.15, -0.1) is 11.3 Å². The first-order chi connectivity index (χ1) is 7.18. The zero-order chi connectivity index (χ0) is 10.7. The minimum Gasteiger partial charge on any atom is -0.311 e. The van der Waals surface area contributed by atoms with E-state index < -0.39 is 0 Å². The minimum atomic E-state index is 0.543. The van der Waals surface area contributed by atoms with Gasteiger partial charge in [-0.05, 0) is 24.3 Å². The molecular weight excluding hydrogens is 226 g/mol. The molecule has 1 aliphatic rings. The summed E-state index contributed by atoms with van der Waals surface area (Å²) in [6.45, 7) is 4.50. The van der Waals surface area contributed by atoms with E-state index in [1.54, 1.807) is 11.3 Å². The van der Waals surface area contributed by atoms with Crippen LogP contribution in [0.4, 0.5) is 0 Å². The summed E-state index contributed by atoms with van der Waals surface area (Å²) >= 11 is 7.61. The van der Waals surface area contributed by atoms with Crippen LogP contribution in [0, 0.1) is 5.41 Å². The second-order valence-electron chi connectivity index (χ2n) is 4.85. The minimum absolute atomic E-state index is 0.543. The summed E-state index contributed by atoms with van der Waals surface area (Å²) in [6, 6.07) is 2.05. The van der Waals surface area contributed by atoms with Crippen LogP contribution in [-0.4, -0.2) is 6.54 Å². The number of hydrogen-bond acceptors (Lipinski definition) is 2. The molecule has 15 heavy (non-hydrogen) atoms. The van der Waals surface area contributed by atoms with Crippen molar-refractivity contribution in [3.05, 3.63) is 21.3 Å². The van der Waals surface area contributed by atoms with Crippen LogP contribution in [0.15, 0.2) is 11.4 Å². The summed E-state index contributed by atoms with van der Waals surface area (Å²) in [5.74, 6) is 0. The quantitative estimate of drug-likeness (QED) is 0.841. The first-order valence-corrected chi connectivity index (χ1v) is 6.87. The van der Waals surface area contributed by atoms with Gasteiger partial charge in [0.1, 0.15) is 0 Å². The van der Waals surface area contributed by atoms with Crippen LogP contribution < -0.4 is 5.32 Å². The lowest BCUT2D eigenvalue weighted by molar-refractivity contribution is 0.315. The lowest BCUT2D eigenvalue weighted by Crippen LogP contribution is -2.28. The van der Waals surface area contributed by atoms with E-state index in [4.69, 9.17) is 11.6 Å². The SMILES string of the molecule is CC1(CNCc2cc(Cl)cs2)CCCC1. The largest absolute Gasteiger partial charge is 0.311 e. The Morgan fingerprint density at radius 3 is 2.80 bits per heavy atom. The number of nitrogens with one attached hydrogen (secondary N) is 1. The molecule has 1 saturated carbocycles. The van der Waals surface area contributed by atoms with E-state index >= 15 is 0 Å². The average Bonchev–Trinajstić information content (AvgIpc) is 2.76. The Hall–Kier alpha value is -0.0500. The molecule has 1 aliphatic carbocycles. The van der Waals surface area contributed by atoms with Crippen molar-refractivity contribution in [1.29, 1.82) is 0 Å². The van der Waals surface area contributed by atoms with Gasteiger partial charge >= 0.3 is 0 Å². The first kappa shape index (κ1) is 11.4. The zero-order valence-corrected chi connectivity index (χ0v) is 10.8. The van der Waals surface area contributed by atoms with E-state index in [2.05, 4.69) is 18.3 Å². The van der Waals surface area contributed by atoms with Crippen LogP contribution in [0.2, 0.25) is 5.02 Å². The van der Waals surface area contributed by atoms with Gasteiger partial charge < -0.3 is 5.32 Å². The van der Waals surface area contributed by atoms with Gasteiger partial charge in [0.25, 0.3) is 0 Å². The third kappa shape index (κ3) is 3.20. The van der Waals surface area contributed by atoms with Gasteiger partial charge in [0.05, 0.1) is 5.02 Å². The molecule has 0 saturated heterocycles. The zero-order valence-electron chi connectivity index (χ0n) is 9.18. The number of rotatable bonds is 4. The topological polar surface area (TPSA) is 12.0 Å². The van der Waals surface area contributed by atoms with E-state index in [1.165, 1.54) is 30.6 Å². The lowest BCUT2D eigenvalue weighted by Gasteiger charge is -2.23. The van der Waals surface area contributed by atoms with Crippen molar-refractivity contribution in [3.63, 3.8) is 0 Å². The molecule has 0 aromatic carbocycles.